The van der Waals surface area contributed by atoms with Gasteiger partial charge in [-0.1, -0.05) is 0 Å². The van der Waals surface area contributed by atoms with E-state index < -0.39 is 30.3 Å². The van der Waals surface area contributed by atoms with Crippen molar-refractivity contribution in [3.05, 3.63) is 28.3 Å². The van der Waals surface area contributed by atoms with Crippen LogP contribution in [0.25, 0.3) is 0 Å². The van der Waals surface area contributed by atoms with Gasteiger partial charge >= 0.3 is 19.1 Å². The lowest BCUT2D eigenvalue weighted by Gasteiger charge is -2.32. The van der Waals surface area contributed by atoms with Gasteiger partial charge in [0.05, 0.1) is 29.9 Å². The molecule has 0 saturated carbocycles. The van der Waals surface area contributed by atoms with Crippen LogP contribution >= 0.6 is 15.9 Å². The molecule has 2 aromatic rings. The molecule has 0 aromatic carbocycles. The molecule has 1 fully saturated rings. The highest BCUT2D eigenvalue weighted by Crippen LogP contribution is 2.36. The van der Waals surface area contributed by atoms with Crippen LogP contribution < -0.4 is 5.46 Å². The van der Waals surface area contributed by atoms with Gasteiger partial charge < -0.3 is 18.8 Å². The molecule has 12 heteroatoms. The topological polar surface area (TPSA) is 107 Å². The molecule has 0 unspecified atom stereocenters. The molecule has 176 valence electrons. The van der Waals surface area contributed by atoms with Crippen molar-refractivity contribution >= 4 is 40.4 Å². The molecule has 0 aliphatic carbocycles. The summed E-state index contributed by atoms with van der Waals surface area (Å²) >= 11 is 3.22. The molecule has 0 spiro atoms. The van der Waals surface area contributed by atoms with Gasteiger partial charge in [0.2, 0.25) is 0 Å². The molecular weight excluding hydrogens is 483 g/mol. The minimum Gasteiger partial charge on any atom is -0.464 e. The average Bonchev–Trinajstić information content (AvgIpc) is 3.40. The van der Waals surface area contributed by atoms with Gasteiger partial charge in [-0.2, -0.15) is 10.2 Å². The van der Waals surface area contributed by atoms with Crippen LogP contribution in [0.5, 0.6) is 0 Å². The number of nitrogens with zero attached hydrogens (tertiary/aromatic N) is 4. The number of carbonyl (C=O) groups is 2. The van der Waals surface area contributed by atoms with E-state index in [1.165, 1.54) is 14.2 Å². The first-order valence-electron chi connectivity index (χ1n) is 10.2. The maximum absolute atomic E-state index is 11.8. The van der Waals surface area contributed by atoms with E-state index in [1.807, 2.05) is 41.5 Å². The third kappa shape index (κ3) is 5.41. The van der Waals surface area contributed by atoms with Gasteiger partial charge in [0, 0.05) is 30.9 Å². The first-order valence-corrected chi connectivity index (χ1v) is 11.0. The van der Waals surface area contributed by atoms with Crippen LogP contribution in [-0.4, -0.2) is 64.0 Å². The van der Waals surface area contributed by atoms with Gasteiger partial charge in [0.15, 0.2) is 11.4 Å². The van der Waals surface area contributed by atoms with Crippen LogP contribution in [0.3, 0.4) is 0 Å². The van der Waals surface area contributed by atoms with E-state index in [1.54, 1.807) is 21.8 Å². The molecule has 1 saturated heterocycles. The normalized spacial score (nSPS) is 16.3. The minimum absolute atomic E-state index is 0.243. The summed E-state index contributed by atoms with van der Waals surface area (Å²) in [5, 5.41) is 8.22. The van der Waals surface area contributed by atoms with Crippen LogP contribution in [-0.2, 0) is 31.9 Å². The summed E-state index contributed by atoms with van der Waals surface area (Å²) < 4.78 is 25.2. The van der Waals surface area contributed by atoms with Crippen molar-refractivity contribution in [2.45, 2.75) is 65.8 Å². The summed E-state index contributed by atoms with van der Waals surface area (Å²) in [6.07, 6.45) is 3.51. The molecule has 0 atom stereocenters. The van der Waals surface area contributed by atoms with E-state index in [4.69, 9.17) is 14.0 Å². The molecule has 32 heavy (non-hydrogen) atoms. The Hall–Kier alpha value is -2.18. The van der Waals surface area contributed by atoms with Gasteiger partial charge in [-0.25, -0.2) is 9.59 Å². The number of methoxy groups -OCH3 is 2. The second-order valence-electron chi connectivity index (χ2n) is 8.04. The fourth-order valence-corrected chi connectivity index (χ4v) is 3.27. The number of rotatable bonds is 5. The summed E-state index contributed by atoms with van der Waals surface area (Å²) in [4.78, 5) is 22.9. The lowest BCUT2D eigenvalue weighted by molar-refractivity contribution is 0.00578. The van der Waals surface area contributed by atoms with E-state index in [0.717, 1.165) is 6.54 Å². The van der Waals surface area contributed by atoms with Crippen LogP contribution in [0, 0.1) is 0 Å². The Morgan fingerprint density at radius 3 is 1.81 bits per heavy atom. The number of hydrogen-bond acceptors (Lipinski definition) is 8. The molecular formula is C20H30BBrN4O6. The quantitative estimate of drug-likeness (QED) is 0.444. The monoisotopic (exact) mass is 512 g/mol. The smallest absolute Gasteiger partial charge is 0.464 e. The number of halogens is 1. The minimum atomic E-state index is -0.616. The zero-order chi connectivity index (χ0) is 24.3. The average molecular weight is 513 g/mol. The molecule has 10 nitrogen and oxygen atoms in total. The molecule has 0 radical (unpaired) electrons. The predicted molar refractivity (Wildman–Crippen MR) is 122 cm³/mol. The van der Waals surface area contributed by atoms with Crippen molar-refractivity contribution in [3.8, 4) is 0 Å². The number of esters is 2. The molecule has 3 heterocycles. The van der Waals surface area contributed by atoms with Crippen molar-refractivity contribution < 1.29 is 28.4 Å². The van der Waals surface area contributed by atoms with Crippen molar-refractivity contribution in [3.63, 3.8) is 0 Å². The third-order valence-electron chi connectivity index (χ3n) is 5.42. The second-order valence-corrected chi connectivity index (χ2v) is 8.90. The maximum atomic E-state index is 11.8. The number of aryl methyl sites for hydroxylation is 2. The highest BCUT2D eigenvalue weighted by atomic mass is 79.9. The van der Waals surface area contributed by atoms with Gasteiger partial charge in [0.1, 0.15) is 0 Å². The Labute approximate surface area is 196 Å². The molecule has 0 N–H and O–H groups in total. The van der Waals surface area contributed by atoms with E-state index in [0.29, 0.717) is 22.2 Å². The van der Waals surface area contributed by atoms with E-state index >= 15 is 0 Å². The highest BCUT2D eigenvalue weighted by molar-refractivity contribution is 9.10. The van der Waals surface area contributed by atoms with Crippen LogP contribution in [0.2, 0.25) is 0 Å². The van der Waals surface area contributed by atoms with Crippen molar-refractivity contribution in [2.24, 2.45) is 0 Å². The molecule has 2 aromatic heterocycles. The Morgan fingerprint density at radius 1 is 0.938 bits per heavy atom. The number of hydrogen-bond donors (Lipinski definition) is 0. The second kappa shape index (κ2) is 10.2. The number of carbonyl (C=O) groups excluding carboxylic acids is 2. The van der Waals surface area contributed by atoms with Crippen LogP contribution in [0.15, 0.2) is 16.9 Å². The van der Waals surface area contributed by atoms with E-state index in [-0.39, 0.29) is 5.69 Å². The Kier molecular flexibility index (Phi) is 8.30. The van der Waals surface area contributed by atoms with Gasteiger partial charge in [-0.15, -0.1) is 0 Å². The summed E-state index contributed by atoms with van der Waals surface area (Å²) in [6, 6.07) is 0. The Bertz CT molecular complexity index is 955. The van der Waals surface area contributed by atoms with Gasteiger partial charge in [0.25, 0.3) is 0 Å². The van der Waals surface area contributed by atoms with Crippen molar-refractivity contribution in [1.82, 2.24) is 19.6 Å². The largest absolute Gasteiger partial charge is 0.498 e. The zero-order valence-electron chi connectivity index (χ0n) is 19.8. The standard InChI is InChI=1S/C13H21BN2O4.C7H9BrN2O2/c1-7-16-8-9(10(15-16)11(17)18-6)14-19-12(2,3)13(4,5)20-14;1-3-10-4-5(8)6(9-10)7(11)12-2/h8H,7H2,1-6H3;4H,3H2,1-2H3. The molecule has 0 amide bonds. The van der Waals surface area contributed by atoms with Crippen molar-refractivity contribution in [2.75, 3.05) is 14.2 Å². The van der Waals surface area contributed by atoms with Crippen LogP contribution in [0.4, 0.5) is 0 Å². The molecule has 0 bridgehead atoms. The molecule has 1 aliphatic heterocycles. The SMILES string of the molecule is CCn1cc(B2OC(C)(C)C(C)(C)O2)c(C(=O)OC)n1.CCn1cc(Br)c(C(=O)OC)n1. The number of ether oxygens (including phenoxy) is 2. The highest BCUT2D eigenvalue weighted by Gasteiger charge is 2.53. The summed E-state index contributed by atoms with van der Waals surface area (Å²) in [5.41, 5.74) is 0.253. The fraction of sp³-hybridized carbons (Fsp3) is 0.600. The van der Waals surface area contributed by atoms with E-state index in [2.05, 4.69) is 30.9 Å². The molecule has 3 rings (SSSR count). The fourth-order valence-electron chi connectivity index (χ4n) is 2.79. The van der Waals surface area contributed by atoms with Gasteiger partial charge in [-0.05, 0) is 57.5 Å². The van der Waals surface area contributed by atoms with Crippen molar-refractivity contribution in [1.29, 1.82) is 0 Å². The number of aromatic nitrogens is 4. The Morgan fingerprint density at radius 2 is 1.38 bits per heavy atom. The lowest BCUT2D eigenvalue weighted by Crippen LogP contribution is -2.41. The molecule has 1 aliphatic rings. The predicted octanol–water partition coefficient (Wildman–Crippen LogP) is 2.44. The third-order valence-corrected chi connectivity index (χ3v) is 6.00. The summed E-state index contributed by atoms with van der Waals surface area (Å²) in [5.74, 6) is -0.906. The lowest BCUT2D eigenvalue weighted by atomic mass is 9.79. The maximum Gasteiger partial charge on any atom is 0.498 e. The first kappa shape index (κ1) is 26.1. The first-order chi connectivity index (χ1) is 14.9. The zero-order valence-corrected chi connectivity index (χ0v) is 21.3. The van der Waals surface area contributed by atoms with E-state index in [9.17, 15) is 9.59 Å². The summed E-state index contributed by atoms with van der Waals surface area (Å²) in [7, 11) is 2.05. The summed E-state index contributed by atoms with van der Waals surface area (Å²) in [6.45, 7) is 13.1. The van der Waals surface area contributed by atoms with Crippen LogP contribution in [0.1, 0.15) is 62.5 Å². The van der Waals surface area contributed by atoms with Gasteiger partial charge in [-0.3, -0.25) is 9.36 Å². The Balaban J connectivity index is 0.000000258.